The highest BCUT2D eigenvalue weighted by Crippen LogP contribution is 2.26. The van der Waals surface area contributed by atoms with Crippen LogP contribution in [0.15, 0.2) is 53.5 Å². The second-order valence-electron chi connectivity index (χ2n) is 7.11. The van der Waals surface area contributed by atoms with Gasteiger partial charge >= 0.3 is 0 Å². The van der Waals surface area contributed by atoms with Crippen LogP contribution in [0.25, 0.3) is 0 Å². The molecule has 0 aromatic heterocycles. The highest BCUT2D eigenvalue weighted by molar-refractivity contribution is 14.0. The molecule has 0 saturated heterocycles. The molecule has 0 fully saturated rings. The van der Waals surface area contributed by atoms with Crippen molar-refractivity contribution < 1.29 is 19.0 Å². The highest BCUT2D eigenvalue weighted by Gasteiger charge is 2.10. The zero-order valence-corrected chi connectivity index (χ0v) is 21.6. The molecule has 2 N–H and O–H groups in total. The van der Waals surface area contributed by atoms with Crippen molar-refractivity contribution in [3.8, 4) is 17.2 Å². The van der Waals surface area contributed by atoms with Gasteiger partial charge in [0.25, 0.3) is 5.91 Å². The van der Waals surface area contributed by atoms with E-state index in [-0.39, 0.29) is 42.6 Å². The van der Waals surface area contributed by atoms with Crippen LogP contribution < -0.4 is 24.8 Å². The molecule has 2 aromatic rings. The van der Waals surface area contributed by atoms with Crippen LogP contribution in [0.4, 0.5) is 0 Å². The molecule has 1 unspecified atom stereocenters. The Balaban J connectivity index is 0.00000512. The number of hydrogen-bond donors (Lipinski definition) is 2. The van der Waals surface area contributed by atoms with Gasteiger partial charge < -0.3 is 29.7 Å². The van der Waals surface area contributed by atoms with Crippen LogP contribution in [0, 0.1) is 0 Å². The Hall–Kier alpha value is -2.69. The van der Waals surface area contributed by atoms with Crippen LogP contribution in [-0.4, -0.2) is 64.3 Å². The minimum Gasteiger partial charge on any atom is -0.493 e. The summed E-state index contributed by atoms with van der Waals surface area (Å²) in [6, 6.07) is 15.2. The Kier molecular flexibility index (Phi) is 12.3. The van der Waals surface area contributed by atoms with E-state index in [0.29, 0.717) is 36.3 Å². The molecular weight excluding hydrogens is 523 g/mol. The molecule has 1 atom stereocenters. The van der Waals surface area contributed by atoms with Crippen LogP contribution in [0.2, 0.25) is 0 Å². The fourth-order valence-electron chi connectivity index (χ4n) is 2.64. The molecule has 8 nitrogen and oxygen atoms in total. The van der Waals surface area contributed by atoms with Crippen molar-refractivity contribution >= 4 is 35.8 Å². The Morgan fingerprint density at radius 2 is 1.81 bits per heavy atom. The van der Waals surface area contributed by atoms with Crippen molar-refractivity contribution in [2.45, 2.75) is 19.6 Å². The molecule has 0 saturated carbocycles. The third-order valence-electron chi connectivity index (χ3n) is 4.40. The predicted octanol–water partition coefficient (Wildman–Crippen LogP) is 2.91. The molecule has 2 rings (SSSR count). The molecular formula is C23H33IN4O4. The van der Waals surface area contributed by atoms with Crippen molar-refractivity contribution in [3.63, 3.8) is 0 Å². The van der Waals surface area contributed by atoms with Gasteiger partial charge in [-0.1, -0.05) is 24.3 Å². The third kappa shape index (κ3) is 9.21. The summed E-state index contributed by atoms with van der Waals surface area (Å²) in [4.78, 5) is 17.4. The van der Waals surface area contributed by atoms with Crippen LogP contribution in [0.5, 0.6) is 17.2 Å². The first-order valence-corrected chi connectivity index (χ1v) is 10.1. The SMILES string of the molecule is CN=C(NCc1cccc(OCC(=O)N(C)C)c1)NCC(C)Oc1ccccc1OC.I. The van der Waals surface area contributed by atoms with E-state index in [1.807, 2.05) is 55.5 Å². The Morgan fingerprint density at radius 3 is 2.47 bits per heavy atom. The lowest BCUT2D eigenvalue weighted by Gasteiger charge is -2.19. The average molecular weight is 556 g/mol. The Labute approximate surface area is 207 Å². The molecule has 32 heavy (non-hydrogen) atoms. The number of aliphatic imine (C=N–C) groups is 1. The van der Waals surface area contributed by atoms with Gasteiger partial charge in [0, 0.05) is 27.7 Å². The van der Waals surface area contributed by atoms with Crippen LogP contribution in [0.1, 0.15) is 12.5 Å². The first-order chi connectivity index (χ1) is 14.9. The number of hydrogen-bond acceptors (Lipinski definition) is 5. The molecule has 9 heteroatoms. The first kappa shape index (κ1) is 27.3. The van der Waals surface area contributed by atoms with Crippen LogP contribution >= 0.6 is 24.0 Å². The van der Waals surface area contributed by atoms with Gasteiger partial charge in [0.1, 0.15) is 11.9 Å². The van der Waals surface area contributed by atoms with Crippen molar-refractivity contribution in [1.82, 2.24) is 15.5 Å². The summed E-state index contributed by atoms with van der Waals surface area (Å²) in [6.45, 7) is 3.10. The molecule has 176 valence electrons. The van der Waals surface area contributed by atoms with E-state index in [2.05, 4.69) is 15.6 Å². The standard InChI is InChI=1S/C23H32N4O4.HI/c1-17(31-21-12-7-6-11-20(21)29-5)14-25-23(24-2)26-15-18-9-8-10-19(13-18)30-16-22(28)27(3)4;/h6-13,17H,14-16H2,1-5H3,(H2,24,25,26);1H. The first-order valence-electron chi connectivity index (χ1n) is 10.1. The van der Waals surface area contributed by atoms with E-state index in [0.717, 1.165) is 5.56 Å². The minimum absolute atomic E-state index is 0. The second-order valence-corrected chi connectivity index (χ2v) is 7.11. The minimum atomic E-state index is -0.0965. The summed E-state index contributed by atoms with van der Waals surface area (Å²) in [7, 11) is 6.74. The van der Waals surface area contributed by atoms with Gasteiger partial charge in [0.2, 0.25) is 0 Å². The van der Waals surface area contributed by atoms with E-state index < -0.39 is 0 Å². The molecule has 0 aliphatic carbocycles. The van der Waals surface area contributed by atoms with Gasteiger partial charge in [0.15, 0.2) is 24.1 Å². The molecule has 0 aliphatic rings. The van der Waals surface area contributed by atoms with E-state index in [4.69, 9.17) is 14.2 Å². The lowest BCUT2D eigenvalue weighted by atomic mass is 10.2. The number of amides is 1. The average Bonchev–Trinajstić information content (AvgIpc) is 2.78. The number of para-hydroxylation sites is 2. The lowest BCUT2D eigenvalue weighted by molar-refractivity contribution is -0.130. The van der Waals surface area contributed by atoms with Gasteiger partial charge in [-0.3, -0.25) is 9.79 Å². The number of carbonyl (C=O) groups excluding carboxylic acids is 1. The van der Waals surface area contributed by atoms with Gasteiger partial charge in [-0.15, -0.1) is 24.0 Å². The molecule has 0 radical (unpaired) electrons. The van der Waals surface area contributed by atoms with Gasteiger partial charge in [0.05, 0.1) is 13.7 Å². The molecule has 0 aliphatic heterocycles. The van der Waals surface area contributed by atoms with Crippen molar-refractivity contribution in [3.05, 3.63) is 54.1 Å². The fourth-order valence-corrected chi connectivity index (χ4v) is 2.64. The van der Waals surface area contributed by atoms with E-state index in [1.54, 1.807) is 28.3 Å². The van der Waals surface area contributed by atoms with E-state index in [9.17, 15) is 4.79 Å². The number of nitrogens with zero attached hydrogens (tertiary/aromatic N) is 2. The van der Waals surface area contributed by atoms with Crippen molar-refractivity contribution in [2.24, 2.45) is 4.99 Å². The summed E-state index contributed by atoms with van der Waals surface area (Å²) in [6.07, 6.45) is -0.0965. The predicted molar refractivity (Wildman–Crippen MR) is 137 cm³/mol. The molecule has 1 amide bonds. The van der Waals surface area contributed by atoms with Crippen LogP contribution in [0.3, 0.4) is 0 Å². The lowest BCUT2D eigenvalue weighted by Crippen LogP contribution is -2.41. The van der Waals surface area contributed by atoms with Gasteiger partial charge in [-0.2, -0.15) is 0 Å². The highest BCUT2D eigenvalue weighted by atomic mass is 127. The second kappa shape index (κ2) is 14.4. The smallest absolute Gasteiger partial charge is 0.259 e. The largest absolute Gasteiger partial charge is 0.493 e. The number of methoxy groups -OCH3 is 1. The maximum Gasteiger partial charge on any atom is 0.259 e. The number of likely N-dealkylation sites (N-methyl/N-ethyl adjacent to an activating group) is 1. The number of benzene rings is 2. The molecule has 0 bridgehead atoms. The Morgan fingerprint density at radius 1 is 1.09 bits per heavy atom. The van der Waals surface area contributed by atoms with Crippen molar-refractivity contribution in [1.29, 1.82) is 0 Å². The van der Waals surface area contributed by atoms with E-state index in [1.165, 1.54) is 4.90 Å². The fraction of sp³-hybridized carbons (Fsp3) is 0.391. The topological polar surface area (TPSA) is 84.4 Å². The molecule has 0 heterocycles. The van der Waals surface area contributed by atoms with Gasteiger partial charge in [-0.05, 0) is 36.8 Å². The van der Waals surface area contributed by atoms with E-state index >= 15 is 0 Å². The molecule has 0 spiro atoms. The number of guanidine groups is 1. The number of nitrogens with one attached hydrogen (secondary N) is 2. The summed E-state index contributed by atoms with van der Waals surface area (Å²) in [5.74, 6) is 2.62. The quantitative estimate of drug-likeness (QED) is 0.266. The maximum atomic E-state index is 11.7. The number of halogens is 1. The third-order valence-corrected chi connectivity index (χ3v) is 4.40. The summed E-state index contributed by atoms with van der Waals surface area (Å²) < 4.78 is 16.8. The molecule has 2 aromatic carbocycles. The normalized spacial score (nSPS) is 11.6. The van der Waals surface area contributed by atoms with Gasteiger partial charge in [-0.25, -0.2) is 0 Å². The summed E-state index contributed by atoms with van der Waals surface area (Å²) in [5, 5.41) is 6.52. The number of rotatable bonds is 10. The number of ether oxygens (including phenoxy) is 3. The van der Waals surface area contributed by atoms with Crippen LogP contribution in [-0.2, 0) is 11.3 Å². The summed E-state index contributed by atoms with van der Waals surface area (Å²) in [5.41, 5.74) is 1.01. The van der Waals surface area contributed by atoms with Crippen molar-refractivity contribution in [2.75, 3.05) is 41.4 Å². The zero-order valence-electron chi connectivity index (χ0n) is 19.3. The monoisotopic (exact) mass is 556 g/mol. The maximum absolute atomic E-state index is 11.7. The Bertz CT molecular complexity index is 877. The zero-order chi connectivity index (χ0) is 22.6. The number of carbonyl (C=O) groups is 1. The summed E-state index contributed by atoms with van der Waals surface area (Å²) >= 11 is 0.